The molecule has 0 aliphatic rings. The molecule has 2 aromatic carbocycles. The Morgan fingerprint density at radius 1 is 1.20 bits per heavy atom. The van der Waals surface area contributed by atoms with Gasteiger partial charge < -0.3 is 15.8 Å². The number of nitrogen functional groups attached to an aromatic ring is 1. The van der Waals surface area contributed by atoms with E-state index >= 15 is 0 Å². The fourth-order valence-corrected chi connectivity index (χ4v) is 2.01. The molecule has 0 unspecified atom stereocenters. The molecule has 0 fully saturated rings. The average molecular weight is 270 g/mol. The van der Waals surface area contributed by atoms with Gasteiger partial charge >= 0.3 is 0 Å². The third-order valence-corrected chi connectivity index (χ3v) is 3.06. The quantitative estimate of drug-likeness (QED) is 0.708. The second-order valence-corrected chi connectivity index (χ2v) is 4.37. The molecule has 102 valence electrons. The number of fused-ring (bicyclic) bond motifs is 1. The van der Waals surface area contributed by atoms with Crippen molar-refractivity contribution in [2.45, 2.75) is 6.54 Å². The zero-order valence-corrected chi connectivity index (χ0v) is 11.0. The molecule has 0 atom stereocenters. The third-order valence-electron chi connectivity index (χ3n) is 3.06. The molecule has 3 N–H and O–H groups in total. The summed E-state index contributed by atoms with van der Waals surface area (Å²) >= 11 is 0. The van der Waals surface area contributed by atoms with Crippen LogP contribution in [0.25, 0.3) is 11.0 Å². The van der Waals surface area contributed by atoms with E-state index < -0.39 is 0 Å². The molecule has 1 aromatic heterocycles. The van der Waals surface area contributed by atoms with Crippen molar-refractivity contribution in [2.75, 3.05) is 18.2 Å². The number of hydrogen-bond acceptors (Lipinski definition) is 6. The van der Waals surface area contributed by atoms with Crippen molar-refractivity contribution in [1.82, 2.24) is 10.3 Å². The van der Waals surface area contributed by atoms with Crippen LogP contribution in [-0.2, 0) is 6.54 Å². The summed E-state index contributed by atoms with van der Waals surface area (Å²) in [6.45, 7) is 0.642. The maximum Gasteiger partial charge on any atom is 0.160 e. The van der Waals surface area contributed by atoms with Crippen molar-refractivity contribution in [2.24, 2.45) is 0 Å². The van der Waals surface area contributed by atoms with Gasteiger partial charge in [0.2, 0.25) is 0 Å². The maximum absolute atomic E-state index is 5.81. The van der Waals surface area contributed by atoms with Gasteiger partial charge in [0.25, 0.3) is 0 Å². The SMILES string of the molecule is COc1cccc(CNc2ccc(N)c3nonc23)c1. The van der Waals surface area contributed by atoms with Crippen LogP contribution in [0.5, 0.6) is 5.75 Å². The Bertz CT molecular complexity index is 739. The number of ether oxygens (including phenoxy) is 1. The summed E-state index contributed by atoms with van der Waals surface area (Å²) in [5.74, 6) is 0.829. The minimum absolute atomic E-state index is 0.549. The van der Waals surface area contributed by atoms with E-state index in [1.807, 2.05) is 30.3 Å². The first-order valence-corrected chi connectivity index (χ1v) is 6.15. The molecule has 6 heteroatoms. The summed E-state index contributed by atoms with van der Waals surface area (Å²) in [6.07, 6.45) is 0. The normalized spacial score (nSPS) is 10.7. The number of benzene rings is 2. The van der Waals surface area contributed by atoms with E-state index in [9.17, 15) is 0 Å². The lowest BCUT2D eigenvalue weighted by molar-refractivity contribution is 0.316. The van der Waals surface area contributed by atoms with Crippen LogP contribution in [0.2, 0.25) is 0 Å². The monoisotopic (exact) mass is 270 g/mol. The van der Waals surface area contributed by atoms with Crippen molar-refractivity contribution in [3.05, 3.63) is 42.0 Å². The van der Waals surface area contributed by atoms with Crippen LogP contribution in [0.3, 0.4) is 0 Å². The highest BCUT2D eigenvalue weighted by Gasteiger charge is 2.09. The molecule has 6 nitrogen and oxygen atoms in total. The zero-order chi connectivity index (χ0) is 13.9. The minimum Gasteiger partial charge on any atom is -0.497 e. The molecule has 20 heavy (non-hydrogen) atoms. The van der Waals surface area contributed by atoms with Crippen LogP contribution in [0.15, 0.2) is 41.0 Å². The number of nitrogens with one attached hydrogen (secondary N) is 1. The predicted octanol–water partition coefficient (Wildman–Crippen LogP) is 2.43. The van der Waals surface area contributed by atoms with Gasteiger partial charge in [0.1, 0.15) is 5.75 Å². The second kappa shape index (κ2) is 5.08. The highest BCUT2D eigenvalue weighted by Crippen LogP contribution is 2.25. The number of hydrogen-bond donors (Lipinski definition) is 2. The number of methoxy groups -OCH3 is 1. The lowest BCUT2D eigenvalue weighted by Gasteiger charge is -2.08. The molecular formula is C14H14N4O2. The predicted molar refractivity (Wildman–Crippen MR) is 76.5 cm³/mol. The first kappa shape index (κ1) is 12.3. The van der Waals surface area contributed by atoms with Crippen molar-refractivity contribution in [3.8, 4) is 5.75 Å². The summed E-state index contributed by atoms with van der Waals surface area (Å²) in [7, 11) is 1.65. The van der Waals surface area contributed by atoms with Gasteiger partial charge in [-0.2, -0.15) is 0 Å². The summed E-state index contributed by atoms with van der Waals surface area (Å²) < 4.78 is 9.93. The molecule has 0 aliphatic carbocycles. The summed E-state index contributed by atoms with van der Waals surface area (Å²) in [5, 5.41) is 11.0. The number of nitrogens with zero attached hydrogens (tertiary/aromatic N) is 2. The van der Waals surface area contributed by atoms with Crippen LogP contribution in [0.4, 0.5) is 11.4 Å². The van der Waals surface area contributed by atoms with Crippen molar-refractivity contribution in [1.29, 1.82) is 0 Å². The van der Waals surface area contributed by atoms with E-state index in [2.05, 4.69) is 15.6 Å². The number of anilines is 2. The van der Waals surface area contributed by atoms with Crippen molar-refractivity contribution < 1.29 is 9.37 Å². The van der Waals surface area contributed by atoms with Gasteiger partial charge in [0, 0.05) is 6.54 Å². The Kier molecular flexibility index (Phi) is 3.12. The molecule has 0 saturated heterocycles. The Hall–Kier alpha value is -2.76. The Morgan fingerprint density at radius 3 is 2.90 bits per heavy atom. The molecule has 0 amide bonds. The lowest BCUT2D eigenvalue weighted by atomic mass is 10.2. The van der Waals surface area contributed by atoms with Crippen LogP contribution in [0.1, 0.15) is 5.56 Å². The molecule has 0 spiro atoms. The summed E-state index contributed by atoms with van der Waals surface area (Å²) in [4.78, 5) is 0. The maximum atomic E-state index is 5.81. The van der Waals surface area contributed by atoms with Gasteiger partial charge in [0.05, 0.1) is 18.5 Å². The number of nitrogens with two attached hydrogens (primary N) is 1. The molecule has 0 saturated carbocycles. The molecule has 0 bridgehead atoms. The van der Waals surface area contributed by atoms with E-state index in [1.165, 1.54) is 0 Å². The molecular weight excluding hydrogens is 256 g/mol. The minimum atomic E-state index is 0.549. The van der Waals surface area contributed by atoms with E-state index in [4.69, 9.17) is 15.1 Å². The van der Waals surface area contributed by atoms with Gasteiger partial charge in [0.15, 0.2) is 11.0 Å². The topological polar surface area (TPSA) is 86.2 Å². The largest absolute Gasteiger partial charge is 0.497 e. The average Bonchev–Trinajstić information content (AvgIpc) is 2.97. The lowest BCUT2D eigenvalue weighted by Crippen LogP contribution is -2.01. The highest BCUT2D eigenvalue weighted by atomic mass is 16.6. The molecule has 3 aromatic rings. The number of aromatic nitrogens is 2. The van der Waals surface area contributed by atoms with E-state index in [0.29, 0.717) is 23.3 Å². The van der Waals surface area contributed by atoms with Gasteiger partial charge in [-0.15, -0.1) is 0 Å². The van der Waals surface area contributed by atoms with Gasteiger partial charge in [-0.1, -0.05) is 12.1 Å². The fraction of sp³-hybridized carbons (Fsp3) is 0.143. The van der Waals surface area contributed by atoms with Crippen molar-refractivity contribution in [3.63, 3.8) is 0 Å². The van der Waals surface area contributed by atoms with E-state index in [-0.39, 0.29) is 0 Å². The first-order chi connectivity index (χ1) is 9.78. The van der Waals surface area contributed by atoms with Gasteiger partial charge in [-0.3, -0.25) is 0 Å². The number of rotatable bonds is 4. The Labute approximate surface area is 115 Å². The van der Waals surface area contributed by atoms with Crippen LogP contribution >= 0.6 is 0 Å². The Morgan fingerprint density at radius 2 is 2.05 bits per heavy atom. The highest BCUT2D eigenvalue weighted by molar-refractivity contribution is 5.94. The zero-order valence-electron chi connectivity index (χ0n) is 11.0. The summed E-state index contributed by atoms with van der Waals surface area (Å²) in [6, 6.07) is 11.5. The van der Waals surface area contributed by atoms with Gasteiger partial charge in [-0.25, -0.2) is 4.63 Å². The van der Waals surface area contributed by atoms with Crippen molar-refractivity contribution >= 4 is 22.4 Å². The smallest absolute Gasteiger partial charge is 0.160 e. The second-order valence-electron chi connectivity index (χ2n) is 4.37. The first-order valence-electron chi connectivity index (χ1n) is 6.15. The van der Waals surface area contributed by atoms with E-state index in [0.717, 1.165) is 17.0 Å². The van der Waals surface area contributed by atoms with E-state index in [1.54, 1.807) is 13.2 Å². The standard InChI is InChI=1S/C14H14N4O2/c1-19-10-4-2-3-9(7-10)8-16-12-6-5-11(15)13-14(12)18-20-17-13/h2-7,16H,8,15H2,1H3. The molecule has 1 heterocycles. The van der Waals surface area contributed by atoms with Crippen LogP contribution < -0.4 is 15.8 Å². The molecule has 3 rings (SSSR count). The Balaban J connectivity index is 1.83. The molecule has 0 aliphatic heterocycles. The van der Waals surface area contributed by atoms with Crippen LogP contribution in [0, 0.1) is 0 Å². The van der Waals surface area contributed by atoms with Gasteiger partial charge in [-0.05, 0) is 40.1 Å². The third kappa shape index (κ3) is 2.23. The fourth-order valence-electron chi connectivity index (χ4n) is 2.01. The van der Waals surface area contributed by atoms with Crippen LogP contribution in [-0.4, -0.2) is 17.4 Å². The summed E-state index contributed by atoms with van der Waals surface area (Å²) in [5.41, 5.74) is 9.49. The molecule has 0 radical (unpaired) electrons.